The van der Waals surface area contributed by atoms with E-state index < -0.39 is 31.5 Å². The number of nitriles is 1. The maximum atomic E-state index is 13.1. The van der Waals surface area contributed by atoms with Crippen LogP contribution < -0.4 is 10.6 Å². The predicted molar refractivity (Wildman–Crippen MR) is 116 cm³/mol. The summed E-state index contributed by atoms with van der Waals surface area (Å²) in [4.78, 5) is 7.42. The van der Waals surface area contributed by atoms with Gasteiger partial charge in [0.2, 0.25) is 15.8 Å². The first-order chi connectivity index (χ1) is 15.6. The number of sulfone groups is 1. The first-order valence-electron chi connectivity index (χ1n) is 9.18. The maximum absolute atomic E-state index is 13.1. The SMILES string of the molecule is N#CNC(=NCc1ccc(S(=O)(=O)c2ccc(Cl)c(C(F)(F)F)c2)cc1)Nc1ccncc1. The molecule has 12 heteroatoms. The number of alkyl halides is 3. The van der Waals surface area contributed by atoms with Crippen LogP contribution in [0.1, 0.15) is 11.1 Å². The van der Waals surface area contributed by atoms with Gasteiger partial charge < -0.3 is 5.32 Å². The Morgan fingerprint density at radius 2 is 1.70 bits per heavy atom. The molecule has 3 rings (SSSR count). The highest BCUT2D eigenvalue weighted by molar-refractivity contribution is 7.91. The number of nitrogens with zero attached hydrogens (tertiary/aromatic N) is 3. The van der Waals surface area contributed by atoms with Gasteiger partial charge in [0, 0.05) is 18.1 Å². The molecule has 0 radical (unpaired) electrons. The molecule has 0 aliphatic carbocycles. The largest absolute Gasteiger partial charge is 0.417 e. The van der Waals surface area contributed by atoms with Crippen molar-refractivity contribution < 1.29 is 21.6 Å². The molecule has 0 saturated carbocycles. The molecule has 0 aliphatic heterocycles. The summed E-state index contributed by atoms with van der Waals surface area (Å²) in [6, 6.07) is 11.3. The zero-order chi connectivity index (χ0) is 24.1. The van der Waals surface area contributed by atoms with Crippen LogP contribution >= 0.6 is 11.6 Å². The van der Waals surface area contributed by atoms with E-state index in [-0.39, 0.29) is 17.4 Å². The summed E-state index contributed by atoms with van der Waals surface area (Å²) in [7, 11) is -4.20. The molecule has 1 aromatic heterocycles. The number of hydrogen-bond donors (Lipinski definition) is 2. The zero-order valence-electron chi connectivity index (χ0n) is 16.6. The lowest BCUT2D eigenvalue weighted by atomic mass is 10.2. The predicted octanol–water partition coefficient (Wildman–Crippen LogP) is 4.63. The smallest absolute Gasteiger partial charge is 0.325 e. The Morgan fingerprint density at radius 3 is 2.30 bits per heavy atom. The van der Waals surface area contributed by atoms with Crippen molar-refractivity contribution in [1.29, 1.82) is 5.26 Å². The minimum Gasteiger partial charge on any atom is -0.325 e. The molecule has 0 bridgehead atoms. The fraction of sp³-hybridized carbons (Fsp3) is 0.0952. The molecule has 0 atom stereocenters. The monoisotopic (exact) mass is 493 g/mol. The summed E-state index contributed by atoms with van der Waals surface area (Å²) in [5.41, 5.74) is 0.0272. The van der Waals surface area contributed by atoms with Crippen molar-refractivity contribution in [3.63, 3.8) is 0 Å². The highest BCUT2D eigenvalue weighted by Gasteiger charge is 2.34. The fourth-order valence-electron chi connectivity index (χ4n) is 2.70. The number of aromatic nitrogens is 1. The Morgan fingerprint density at radius 1 is 1.06 bits per heavy atom. The third-order valence-corrected chi connectivity index (χ3v) is 6.42. The summed E-state index contributed by atoms with van der Waals surface area (Å²) in [6.07, 6.45) is 0.0938. The van der Waals surface area contributed by atoms with E-state index in [1.54, 1.807) is 30.7 Å². The van der Waals surface area contributed by atoms with Gasteiger partial charge in [0.15, 0.2) is 6.19 Å². The standard InChI is InChI=1S/C21H15ClF3N5O2S/c22-19-6-5-17(11-18(19)21(23,24)25)33(31,32)16-3-1-14(2-4-16)12-28-20(29-13-26)30-15-7-9-27-10-8-15/h1-11H,12H2,(H2,27,28,29,30). The van der Waals surface area contributed by atoms with Crippen LogP contribution in [-0.2, 0) is 22.6 Å². The molecule has 0 fully saturated rings. The molecule has 2 N–H and O–H groups in total. The van der Waals surface area contributed by atoms with Crippen molar-refractivity contribution in [2.75, 3.05) is 5.32 Å². The Balaban J connectivity index is 1.80. The number of pyridine rings is 1. The molecular weight excluding hydrogens is 479 g/mol. The van der Waals surface area contributed by atoms with E-state index in [9.17, 15) is 21.6 Å². The Kier molecular flexibility index (Phi) is 7.20. The van der Waals surface area contributed by atoms with Crippen LogP contribution in [0.15, 0.2) is 81.8 Å². The quantitative estimate of drug-likeness (QED) is 0.232. The van der Waals surface area contributed by atoms with E-state index in [4.69, 9.17) is 16.9 Å². The highest BCUT2D eigenvalue weighted by Crippen LogP contribution is 2.36. The van der Waals surface area contributed by atoms with Crippen LogP contribution in [0.3, 0.4) is 0 Å². The number of halogens is 4. The van der Waals surface area contributed by atoms with Crippen molar-refractivity contribution >= 4 is 33.1 Å². The number of benzene rings is 2. The summed E-state index contributed by atoms with van der Waals surface area (Å²) < 4.78 is 64.9. The maximum Gasteiger partial charge on any atom is 0.417 e. The Hall–Kier alpha value is -3.62. The van der Waals surface area contributed by atoms with Crippen LogP contribution in [0.5, 0.6) is 0 Å². The van der Waals surface area contributed by atoms with Gasteiger partial charge >= 0.3 is 6.18 Å². The topological polar surface area (TPSA) is 107 Å². The van der Waals surface area contributed by atoms with E-state index in [1.807, 2.05) is 0 Å². The lowest BCUT2D eigenvalue weighted by Gasteiger charge is -2.12. The highest BCUT2D eigenvalue weighted by atomic mass is 35.5. The third kappa shape index (κ3) is 6.00. The van der Waals surface area contributed by atoms with Crippen molar-refractivity contribution in [2.24, 2.45) is 4.99 Å². The number of guanidine groups is 1. The molecule has 7 nitrogen and oxygen atoms in total. The first kappa shape index (κ1) is 24.0. The van der Waals surface area contributed by atoms with Gasteiger partial charge in [0.25, 0.3) is 0 Å². The summed E-state index contributed by atoms with van der Waals surface area (Å²) in [5.74, 6) is 0.168. The number of aliphatic imine (C=N–C) groups is 1. The first-order valence-corrected chi connectivity index (χ1v) is 11.0. The Labute approximate surface area is 192 Å². The summed E-state index contributed by atoms with van der Waals surface area (Å²) >= 11 is 5.57. The molecule has 1 heterocycles. The molecular formula is C21H15ClF3N5O2S. The number of rotatable bonds is 5. The van der Waals surface area contributed by atoms with Gasteiger partial charge in [-0.05, 0) is 48.0 Å². The van der Waals surface area contributed by atoms with Crippen molar-refractivity contribution in [3.05, 3.63) is 83.1 Å². The van der Waals surface area contributed by atoms with E-state index in [0.717, 1.165) is 12.1 Å². The van der Waals surface area contributed by atoms with Crippen molar-refractivity contribution in [3.8, 4) is 6.19 Å². The zero-order valence-corrected chi connectivity index (χ0v) is 18.2. The number of hydrogen-bond acceptors (Lipinski definition) is 5. The van der Waals surface area contributed by atoms with Crippen LogP contribution in [0.4, 0.5) is 18.9 Å². The van der Waals surface area contributed by atoms with Crippen LogP contribution in [0.25, 0.3) is 0 Å². The minimum atomic E-state index is -4.79. The lowest BCUT2D eigenvalue weighted by molar-refractivity contribution is -0.137. The second-order valence-electron chi connectivity index (χ2n) is 6.55. The Bertz CT molecular complexity index is 1310. The fourth-order valence-corrected chi connectivity index (χ4v) is 4.22. The number of nitrogens with one attached hydrogen (secondary N) is 2. The van der Waals surface area contributed by atoms with E-state index in [2.05, 4.69) is 20.6 Å². The van der Waals surface area contributed by atoms with E-state index >= 15 is 0 Å². The molecule has 3 aromatic rings. The molecule has 33 heavy (non-hydrogen) atoms. The minimum absolute atomic E-state index is 0.0988. The van der Waals surface area contributed by atoms with Gasteiger partial charge in [-0.2, -0.15) is 18.4 Å². The van der Waals surface area contributed by atoms with Gasteiger partial charge in [-0.1, -0.05) is 23.7 Å². The molecule has 0 saturated heterocycles. The third-order valence-electron chi connectivity index (χ3n) is 4.32. The average Bonchev–Trinajstić information content (AvgIpc) is 2.78. The normalized spacial score (nSPS) is 12.2. The molecule has 0 amide bonds. The second kappa shape index (κ2) is 9.89. The molecule has 0 aliphatic rings. The van der Waals surface area contributed by atoms with Gasteiger partial charge in [-0.15, -0.1) is 0 Å². The molecule has 0 unspecified atom stereocenters. The molecule has 2 aromatic carbocycles. The average molecular weight is 494 g/mol. The van der Waals surface area contributed by atoms with E-state index in [0.29, 0.717) is 17.3 Å². The van der Waals surface area contributed by atoms with Crippen LogP contribution in [0.2, 0.25) is 5.02 Å². The van der Waals surface area contributed by atoms with Gasteiger partial charge in [-0.25, -0.2) is 13.4 Å². The summed E-state index contributed by atoms with van der Waals surface area (Å²) in [6.45, 7) is 0.0988. The second-order valence-corrected chi connectivity index (χ2v) is 8.91. The summed E-state index contributed by atoms with van der Waals surface area (Å²) in [5, 5.41) is 13.6. The molecule has 0 spiro atoms. The van der Waals surface area contributed by atoms with Crippen molar-refractivity contribution in [1.82, 2.24) is 10.3 Å². The van der Waals surface area contributed by atoms with Gasteiger partial charge in [-0.3, -0.25) is 10.3 Å². The van der Waals surface area contributed by atoms with Gasteiger partial charge in [0.05, 0.1) is 26.9 Å². The van der Waals surface area contributed by atoms with Crippen LogP contribution in [-0.4, -0.2) is 19.4 Å². The molecule has 170 valence electrons. The van der Waals surface area contributed by atoms with Gasteiger partial charge in [0.1, 0.15) is 0 Å². The number of anilines is 1. The lowest BCUT2D eigenvalue weighted by Crippen LogP contribution is -2.26. The van der Waals surface area contributed by atoms with Crippen LogP contribution in [0, 0.1) is 11.5 Å². The van der Waals surface area contributed by atoms with E-state index in [1.165, 1.54) is 24.3 Å². The van der Waals surface area contributed by atoms with Crippen molar-refractivity contribution in [2.45, 2.75) is 22.5 Å².